The van der Waals surface area contributed by atoms with E-state index in [1.165, 1.54) is 18.5 Å². The predicted octanol–water partition coefficient (Wildman–Crippen LogP) is 2.43. The zero-order valence-corrected chi connectivity index (χ0v) is 12.1. The monoisotopic (exact) mass is 281 g/mol. The van der Waals surface area contributed by atoms with Gasteiger partial charge in [-0.1, -0.05) is 0 Å². The van der Waals surface area contributed by atoms with Crippen LogP contribution in [0.4, 0.5) is 0 Å². The molecule has 5 nitrogen and oxygen atoms in total. The first-order valence-electron chi connectivity index (χ1n) is 7.49. The van der Waals surface area contributed by atoms with E-state index in [4.69, 9.17) is 0 Å². The molecule has 1 aliphatic rings. The molecule has 1 aliphatic heterocycles. The van der Waals surface area contributed by atoms with Gasteiger partial charge in [0.1, 0.15) is 5.65 Å². The minimum absolute atomic E-state index is 0.598. The van der Waals surface area contributed by atoms with E-state index < -0.39 is 0 Å². The van der Waals surface area contributed by atoms with Crippen molar-refractivity contribution in [3.63, 3.8) is 0 Å². The van der Waals surface area contributed by atoms with Crippen molar-refractivity contribution in [2.24, 2.45) is 7.05 Å². The fraction of sp³-hybridized carbons (Fsp3) is 0.375. The van der Waals surface area contributed by atoms with Crippen LogP contribution in [0.15, 0.2) is 30.6 Å². The Morgan fingerprint density at radius 2 is 2.10 bits per heavy atom. The average molecular weight is 281 g/mol. The normalized spacial score (nSPS) is 16.6. The zero-order chi connectivity index (χ0) is 14.2. The van der Waals surface area contributed by atoms with E-state index in [0.29, 0.717) is 5.92 Å². The van der Waals surface area contributed by atoms with Crippen LogP contribution >= 0.6 is 0 Å². The highest BCUT2D eigenvalue weighted by atomic mass is 15.1. The highest BCUT2D eigenvalue weighted by Gasteiger charge is 2.18. The maximum absolute atomic E-state index is 4.54. The number of hydrogen-bond acceptors (Lipinski definition) is 3. The predicted molar refractivity (Wildman–Crippen MR) is 83.1 cm³/mol. The van der Waals surface area contributed by atoms with Gasteiger partial charge in [0, 0.05) is 42.0 Å². The summed E-state index contributed by atoms with van der Waals surface area (Å²) >= 11 is 0. The Balaban J connectivity index is 1.74. The summed E-state index contributed by atoms with van der Waals surface area (Å²) in [5, 5.41) is 12.3. The Bertz CT molecular complexity index is 764. The molecule has 0 radical (unpaired) electrons. The maximum atomic E-state index is 4.54. The molecule has 0 saturated carbocycles. The van der Waals surface area contributed by atoms with Crippen LogP contribution in [0.2, 0.25) is 0 Å². The van der Waals surface area contributed by atoms with Crippen LogP contribution in [0.5, 0.6) is 0 Å². The second-order valence-corrected chi connectivity index (χ2v) is 5.76. The summed E-state index contributed by atoms with van der Waals surface area (Å²) < 4.78 is 2.04. The molecule has 3 aromatic heterocycles. The quantitative estimate of drug-likeness (QED) is 0.758. The van der Waals surface area contributed by atoms with Crippen LogP contribution in [-0.4, -0.2) is 32.8 Å². The van der Waals surface area contributed by atoms with Crippen molar-refractivity contribution < 1.29 is 0 Å². The fourth-order valence-corrected chi connectivity index (χ4v) is 3.20. The molecule has 21 heavy (non-hydrogen) atoms. The van der Waals surface area contributed by atoms with Crippen molar-refractivity contribution in [1.29, 1.82) is 0 Å². The molecule has 0 unspecified atom stereocenters. The molecule has 1 fully saturated rings. The molecule has 0 bridgehead atoms. The fourth-order valence-electron chi connectivity index (χ4n) is 3.20. The summed E-state index contributed by atoms with van der Waals surface area (Å²) in [4.78, 5) is 4.44. The zero-order valence-electron chi connectivity index (χ0n) is 12.1. The molecule has 4 heterocycles. The number of piperidine rings is 1. The first kappa shape index (κ1) is 12.6. The third-order valence-corrected chi connectivity index (χ3v) is 4.42. The second-order valence-electron chi connectivity index (χ2n) is 5.76. The summed E-state index contributed by atoms with van der Waals surface area (Å²) in [7, 11) is 2.02. The van der Waals surface area contributed by atoms with Crippen molar-refractivity contribution in [2.75, 3.05) is 13.1 Å². The Labute approximate surface area is 123 Å². The first-order valence-corrected chi connectivity index (χ1v) is 7.49. The van der Waals surface area contributed by atoms with Gasteiger partial charge in [-0.15, -0.1) is 0 Å². The minimum atomic E-state index is 0.598. The van der Waals surface area contributed by atoms with Crippen molar-refractivity contribution in [3.8, 4) is 11.3 Å². The number of fused-ring (bicyclic) bond motifs is 1. The number of hydrogen-bond donors (Lipinski definition) is 2. The molecule has 0 amide bonds. The van der Waals surface area contributed by atoms with Crippen LogP contribution in [-0.2, 0) is 7.05 Å². The molecule has 1 saturated heterocycles. The lowest BCUT2D eigenvalue weighted by molar-refractivity contribution is 0.453. The molecule has 0 atom stereocenters. The van der Waals surface area contributed by atoms with E-state index in [1.54, 1.807) is 0 Å². The van der Waals surface area contributed by atoms with E-state index in [1.807, 2.05) is 30.1 Å². The van der Waals surface area contributed by atoms with Gasteiger partial charge in [-0.25, -0.2) is 4.98 Å². The van der Waals surface area contributed by atoms with E-state index in [0.717, 1.165) is 35.4 Å². The lowest BCUT2D eigenvalue weighted by Crippen LogP contribution is -2.26. The molecule has 3 aromatic rings. The van der Waals surface area contributed by atoms with Crippen molar-refractivity contribution in [2.45, 2.75) is 18.8 Å². The molecular formula is C16H19N5. The van der Waals surface area contributed by atoms with Gasteiger partial charge in [-0.05, 0) is 44.1 Å². The number of nitrogens with zero attached hydrogens (tertiary/aromatic N) is 3. The van der Waals surface area contributed by atoms with Gasteiger partial charge >= 0.3 is 0 Å². The van der Waals surface area contributed by atoms with Crippen molar-refractivity contribution >= 4 is 11.0 Å². The van der Waals surface area contributed by atoms with Gasteiger partial charge < -0.3 is 9.88 Å². The summed E-state index contributed by atoms with van der Waals surface area (Å²) in [5.74, 6) is 0.598. The summed E-state index contributed by atoms with van der Waals surface area (Å²) in [6.07, 6.45) is 6.26. The van der Waals surface area contributed by atoms with Crippen LogP contribution < -0.4 is 5.32 Å². The first-order chi connectivity index (χ1) is 10.3. The molecule has 4 rings (SSSR count). The number of aromatic amines is 1. The van der Waals surface area contributed by atoms with Gasteiger partial charge in [0.25, 0.3) is 0 Å². The van der Waals surface area contributed by atoms with Gasteiger partial charge in [-0.2, -0.15) is 5.10 Å². The standard InChI is InChI=1S/C16H19N5/c1-21-9-5-13-12(4-8-18-16(13)21)15-10-14(19-20-15)11-2-6-17-7-3-11/h4-5,8-11,17H,2-3,6-7H2,1H3,(H,19,20). The Kier molecular flexibility index (Phi) is 3.00. The molecule has 0 aromatic carbocycles. The molecule has 108 valence electrons. The van der Waals surface area contributed by atoms with Gasteiger partial charge in [0.15, 0.2) is 0 Å². The third-order valence-electron chi connectivity index (χ3n) is 4.42. The number of pyridine rings is 1. The summed E-state index contributed by atoms with van der Waals surface area (Å²) in [6.45, 7) is 2.19. The topological polar surface area (TPSA) is 58.5 Å². The Morgan fingerprint density at radius 3 is 2.95 bits per heavy atom. The van der Waals surface area contributed by atoms with E-state index in [9.17, 15) is 0 Å². The van der Waals surface area contributed by atoms with Crippen LogP contribution in [0, 0.1) is 0 Å². The summed E-state index contributed by atoms with van der Waals surface area (Å²) in [6, 6.07) is 6.36. The highest BCUT2D eigenvalue weighted by Crippen LogP contribution is 2.30. The Morgan fingerprint density at radius 1 is 1.24 bits per heavy atom. The smallest absolute Gasteiger partial charge is 0.140 e. The second kappa shape index (κ2) is 5.00. The van der Waals surface area contributed by atoms with E-state index >= 15 is 0 Å². The molecule has 0 aliphatic carbocycles. The average Bonchev–Trinajstić information content (AvgIpc) is 3.16. The van der Waals surface area contributed by atoms with Gasteiger partial charge in [-0.3, -0.25) is 5.10 Å². The van der Waals surface area contributed by atoms with E-state index in [-0.39, 0.29) is 0 Å². The summed E-state index contributed by atoms with van der Waals surface area (Å²) in [5.41, 5.74) is 4.42. The SMILES string of the molecule is Cn1ccc2c(-c3cc(C4CCNCC4)[nH]n3)ccnc21. The van der Waals surface area contributed by atoms with E-state index in [2.05, 4.69) is 32.6 Å². The largest absolute Gasteiger partial charge is 0.336 e. The molecule has 2 N–H and O–H groups in total. The minimum Gasteiger partial charge on any atom is -0.336 e. The number of rotatable bonds is 2. The van der Waals surface area contributed by atoms with Crippen LogP contribution in [0.1, 0.15) is 24.5 Å². The number of aromatic nitrogens is 4. The van der Waals surface area contributed by atoms with Gasteiger partial charge in [0.05, 0.1) is 5.69 Å². The van der Waals surface area contributed by atoms with Gasteiger partial charge in [0.2, 0.25) is 0 Å². The number of nitrogens with one attached hydrogen (secondary N) is 2. The maximum Gasteiger partial charge on any atom is 0.140 e. The number of H-pyrrole nitrogens is 1. The Hall–Kier alpha value is -2.14. The lowest BCUT2D eigenvalue weighted by atomic mass is 9.94. The van der Waals surface area contributed by atoms with Crippen molar-refractivity contribution in [3.05, 3.63) is 36.3 Å². The van der Waals surface area contributed by atoms with Crippen LogP contribution in [0.3, 0.4) is 0 Å². The highest BCUT2D eigenvalue weighted by molar-refractivity contribution is 5.92. The molecule has 5 heteroatoms. The number of aryl methyl sites for hydroxylation is 1. The molecule has 0 spiro atoms. The lowest BCUT2D eigenvalue weighted by Gasteiger charge is -2.20. The molecular weight excluding hydrogens is 262 g/mol. The van der Waals surface area contributed by atoms with Crippen molar-refractivity contribution in [1.82, 2.24) is 25.1 Å². The van der Waals surface area contributed by atoms with Crippen LogP contribution in [0.25, 0.3) is 22.3 Å². The third kappa shape index (κ3) is 2.14.